The lowest BCUT2D eigenvalue weighted by molar-refractivity contribution is -0.123. The molecule has 0 saturated carbocycles. The lowest BCUT2D eigenvalue weighted by Crippen LogP contribution is -2.36. The van der Waals surface area contributed by atoms with Crippen LogP contribution in [0.3, 0.4) is 0 Å². The number of benzene rings is 1. The fraction of sp³-hybridized carbons (Fsp3) is 0.435. The Morgan fingerprint density at radius 3 is 2.61 bits per heavy atom. The van der Waals surface area contributed by atoms with E-state index in [9.17, 15) is 19.2 Å². The van der Waals surface area contributed by atoms with E-state index in [2.05, 4.69) is 10.4 Å². The van der Waals surface area contributed by atoms with Crippen LogP contribution in [-0.2, 0) is 21.3 Å². The maximum Gasteiger partial charge on any atom is 0.338 e. The molecule has 1 N–H and O–H groups in total. The van der Waals surface area contributed by atoms with E-state index >= 15 is 0 Å². The van der Waals surface area contributed by atoms with Crippen molar-refractivity contribution >= 4 is 29.4 Å². The molecule has 2 aliphatic heterocycles. The Hall–Kier alpha value is -3.53. The fourth-order valence-corrected chi connectivity index (χ4v) is 4.04. The molecule has 2 aromatic rings. The third kappa shape index (κ3) is 4.25. The number of rotatable bonds is 6. The van der Waals surface area contributed by atoms with Gasteiger partial charge in [-0.3, -0.25) is 24.0 Å². The minimum absolute atomic E-state index is 0.0854. The number of nitrogens with zero attached hydrogens (tertiary/aromatic N) is 3. The number of carbonyl (C=O) groups is 4. The van der Waals surface area contributed by atoms with Gasteiger partial charge in [0.05, 0.1) is 46.4 Å². The van der Waals surface area contributed by atoms with E-state index < -0.39 is 29.8 Å². The third-order valence-corrected chi connectivity index (χ3v) is 6.03. The SMILES string of the molecule is Cc1nn(C)c(C)c1NC(=O)C(C)OC(=O)c1ccc2c(c1)C(=O)N(CC1CCCO1)C2=O. The van der Waals surface area contributed by atoms with E-state index in [1.54, 1.807) is 18.7 Å². The molecule has 0 radical (unpaired) electrons. The predicted octanol–water partition coefficient (Wildman–Crippen LogP) is 2.00. The van der Waals surface area contributed by atoms with E-state index in [0.717, 1.165) is 23.4 Å². The third-order valence-electron chi connectivity index (χ3n) is 6.03. The summed E-state index contributed by atoms with van der Waals surface area (Å²) in [5.41, 5.74) is 2.46. The molecule has 33 heavy (non-hydrogen) atoms. The molecule has 10 nitrogen and oxygen atoms in total. The van der Waals surface area contributed by atoms with Crippen LogP contribution in [0.25, 0.3) is 0 Å². The molecule has 0 spiro atoms. The Labute approximate surface area is 190 Å². The molecule has 4 rings (SSSR count). The molecule has 1 saturated heterocycles. The highest BCUT2D eigenvalue weighted by atomic mass is 16.5. The molecule has 3 heterocycles. The highest BCUT2D eigenvalue weighted by molar-refractivity contribution is 6.22. The zero-order valence-electron chi connectivity index (χ0n) is 19.0. The number of fused-ring (bicyclic) bond motifs is 1. The van der Waals surface area contributed by atoms with Crippen molar-refractivity contribution in [2.24, 2.45) is 7.05 Å². The first-order valence-electron chi connectivity index (χ1n) is 10.8. The Kier molecular flexibility index (Phi) is 6.03. The molecule has 174 valence electrons. The normalized spacial score (nSPS) is 18.4. The average Bonchev–Trinajstić information content (AvgIpc) is 3.45. The molecule has 2 unspecified atom stereocenters. The van der Waals surface area contributed by atoms with Crippen LogP contribution in [-0.4, -0.2) is 63.7 Å². The number of anilines is 1. The summed E-state index contributed by atoms with van der Waals surface area (Å²) >= 11 is 0. The van der Waals surface area contributed by atoms with Crippen molar-refractivity contribution in [3.8, 4) is 0 Å². The van der Waals surface area contributed by atoms with Crippen molar-refractivity contribution in [1.82, 2.24) is 14.7 Å². The standard InChI is InChI=1S/C23H26N4O6/c1-12-19(13(2)26(4)25-12)24-20(28)14(3)33-23(31)15-7-8-17-18(10-15)22(30)27(21(17)29)11-16-6-5-9-32-16/h7-8,10,14,16H,5-6,9,11H2,1-4H3,(H,24,28). The fourth-order valence-electron chi connectivity index (χ4n) is 4.04. The smallest absolute Gasteiger partial charge is 0.338 e. The summed E-state index contributed by atoms with van der Waals surface area (Å²) in [7, 11) is 1.77. The number of esters is 1. The number of carbonyl (C=O) groups excluding carboxylic acids is 4. The van der Waals surface area contributed by atoms with E-state index in [-0.39, 0.29) is 29.3 Å². The molecule has 0 aliphatic carbocycles. The summed E-state index contributed by atoms with van der Waals surface area (Å²) in [5.74, 6) is -2.13. The van der Waals surface area contributed by atoms with E-state index in [1.165, 1.54) is 25.1 Å². The Balaban J connectivity index is 1.43. The van der Waals surface area contributed by atoms with Crippen molar-refractivity contribution in [1.29, 1.82) is 0 Å². The van der Waals surface area contributed by atoms with E-state index in [1.807, 2.05) is 6.92 Å². The minimum Gasteiger partial charge on any atom is -0.449 e. The second kappa shape index (κ2) is 8.78. The second-order valence-corrected chi connectivity index (χ2v) is 8.32. The molecule has 2 aliphatic rings. The summed E-state index contributed by atoms with van der Waals surface area (Å²) in [5, 5.41) is 6.97. The van der Waals surface area contributed by atoms with Gasteiger partial charge in [-0.15, -0.1) is 0 Å². The summed E-state index contributed by atoms with van der Waals surface area (Å²) in [4.78, 5) is 51.8. The lowest BCUT2D eigenvalue weighted by Gasteiger charge is -2.17. The van der Waals surface area contributed by atoms with Gasteiger partial charge in [0.25, 0.3) is 17.7 Å². The van der Waals surface area contributed by atoms with Gasteiger partial charge in [-0.25, -0.2) is 4.79 Å². The molecule has 1 aromatic heterocycles. The average molecular weight is 454 g/mol. The molecule has 0 bridgehead atoms. The number of imide groups is 1. The first-order chi connectivity index (χ1) is 15.7. The highest BCUT2D eigenvalue weighted by Crippen LogP contribution is 2.26. The van der Waals surface area contributed by atoms with Crippen LogP contribution < -0.4 is 5.32 Å². The van der Waals surface area contributed by atoms with Gasteiger partial charge in [-0.2, -0.15) is 5.10 Å². The molecule has 10 heteroatoms. The van der Waals surface area contributed by atoms with Gasteiger partial charge < -0.3 is 14.8 Å². The number of hydrogen-bond donors (Lipinski definition) is 1. The van der Waals surface area contributed by atoms with Gasteiger partial charge in [0.2, 0.25) is 0 Å². The summed E-state index contributed by atoms with van der Waals surface area (Å²) in [6, 6.07) is 4.20. The Morgan fingerprint density at radius 2 is 1.97 bits per heavy atom. The Bertz CT molecular complexity index is 1150. The number of aromatic nitrogens is 2. The van der Waals surface area contributed by atoms with E-state index in [0.29, 0.717) is 18.0 Å². The van der Waals surface area contributed by atoms with Gasteiger partial charge in [0, 0.05) is 13.7 Å². The molecular formula is C23H26N4O6. The van der Waals surface area contributed by atoms with Crippen LogP contribution in [0.4, 0.5) is 5.69 Å². The molecular weight excluding hydrogens is 428 g/mol. The van der Waals surface area contributed by atoms with Gasteiger partial charge in [0.15, 0.2) is 6.10 Å². The van der Waals surface area contributed by atoms with Gasteiger partial charge >= 0.3 is 5.97 Å². The number of hydrogen-bond acceptors (Lipinski definition) is 7. The van der Waals surface area contributed by atoms with Crippen LogP contribution >= 0.6 is 0 Å². The first-order valence-corrected chi connectivity index (χ1v) is 10.8. The van der Waals surface area contributed by atoms with Gasteiger partial charge in [-0.05, 0) is 51.8 Å². The number of ether oxygens (including phenoxy) is 2. The maximum atomic E-state index is 12.8. The zero-order chi connectivity index (χ0) is 23.9. The van der Waals surface area contributed by atoms with Crippen LogP contribution in [0.5, 0.6) is 0 Å². The highest BCUT2D eigenvalue weighted by Gasteiger charge is 2.38. The number of nitrogens with one attached hydrogen (secondary N) is 1. The summed E-state index contributed by atoms with van der Waals surface area (Å²) in [6.07, 6.45) is 0.444. The maximum absolute atomic E-state index is 12.8. The van der Waals surface area contributed by atoms with Crippen molar-refractivity contribution in [3.63, 3.8) is 0 Å². The zero-order valence-corrected chi connectivity index (χ0v) is 19.0. The monoisotopic (exact) mass is 454 g/mol. The van der Waals surface area contributed by atoms with Gasteiger partial charge in [0.1, 0.15) is 0 Å². The number of aryl methyl sites for hydroxylation is 2. The van der Waals surface area contributed by atoms with Crippen LogP contribution in [0.2, 0.25) is 0 Å². The molecule has 3 amide bonds. The van der Waals surface area contributed by atoms with Crippen LogP contribution in [0.15, 0.2) is 18.2 Å². The van der Waals surface area contributed by atoms with Crippen LogP contribution in [0, 0.1) is 13.8 Å². The van der Waals surface area contributed by atoms with Gasteiger partial charge in [-0.1, -0.05) is 0 Å². The molecule has 2 atom stereocenters. The Morgan fingerprint density at radius 1 is 1.24 bits per heavy atom. The summed E-state index contributed by atoms with van der Waals surface area (Å²) in [6.45, 7) is 5.85. The van der Waals surface area contributed by atoms with Crippen molar-refractivity contribution < 1.29 is 28.7 Å². The van der Waals surface area contributed by atoms with Crippen molar-refractivity contribution in [3.05, 3.63) is 46.3 Å². The van der Waals surface area contributed by atoms with Crippen LogP contribution in [0.1, 0.15) is 62.2 Å². The van der Waals surface area contributed by atoms with E-state index in [4.69, 9.17) is 9.47 Å². The topological polar surface area (TPSA) is 120 Å². The largest absolute Gasteiger partial charge is 0.449 e. The van der Waals surface area contributed by atoms with Crippen molar-refractivity contribution in [2.45, 2.75) is 45.8 Å². The second-order valence-electron chi connectivity index (χ2n) is 8.32. The quantitative estimate of drug-likeness (QED) is 0.524. The number of amides is 3. The lowest BCUT2D eigenvalue weighted by atomic mass is 10.1. The predicted molar refractivity (Wildman–Crippen MR) is 117 cm³/mol. The minimum atomic E-state index is -1.09. The summed E-state index contributed by atoms with van der Waals surface area (Å²) < 4.78 is 12.5. The molecule has 1 fully saturated rings. The first kappa shape index (κ1) is 22.7. The molecule has 1 aromatic carbocycles. The van der Waals surface area contributed by atoms with Crippen molar-refractivity contribution in [2.75, 3.05) is 18.5 Å².